The zero-order valence-electron chi connectivity index (χ0n) is 9.43. The highest BCUT2D eigenvalue weighted by Crippen LogP contribution is 2.30. The summed E-state index contributed by atoms with van der Waals surface area (Å²) in [6, 6.07) is 5.02. The SMILES string of the molecule is COc1cc(C#N)c(/C=C/C(=O)O)cc1OC. The van der Waals surface area contributed by atoms with E-state index in [0.29, 0.717) is 22.6 Å². The molecule has 0 bridgehead atoms. The van der Waals surface area contributed by atoms with Crippen molar-refractivity contribution in [3.8, 4) is 17.6 Å². The van der Waals surface area contributed by atoms with Gasteiger partial charge in [0.1, 0.15) is 0 Å². The second kappa shape index (κ2) is 5.56. The van der Waals surface area contributed by atoms with E-state index in [1.807, 2.05) is 6.07 Å². The highest BCUT2D eigenvalue weighted by Gasteiger charge is 2.09. The van der Waals surface area contributed by atoms with Gasteiger partial charge in [0.2, 0.25) is 0 Å². The molecular weight excluding hydrogens is 222 g/mol. The number of hydrogen-bond acceptors (Lipinski definition) is 4. The summed E-state index contributed by atoms with van der Waals surface area (Å²) < 4.78 is 10.1. The normalized spacial score (nSPS) is 9.94. The third-order valence-corrected chi connectivity index (χ3v) is 2.08. The number of nitrogens with zero attached hydrogens (tertiary/aromatic N) is 1. The fraction of sp³-hybridized carbons (Fsp3) is 0.167. The van der Waals surface area contributed by atoms with Crippen molar-refractivity contribution in [3.05, 3.63) is 29.3 Å². The molecule has 0 aliphatic carbocycles. The lowest BCUT2D eigenvalue weighted by atomic mass is 10.1. The first-order valence-corrected chi connectivity index (χ1v) is 4.69. The number of ether oxygens (including phenoxy) is 2. The molecule has 0 saturated carbocycles. The van der Waals surface area contributed by atoms with E-state index in [-0.39, 0.29) is 0 Å². The van der Waals surface area contributed by atoms with Crippen molar-refractivity contribution in [2.45, 2.75) is 0 Å². The van der Waals surface area contributed by atoms with Gasteiger partial charge in [-0.25, -0.2) is 4.79 Å². The number of methoxy groups -OCH3 is 2. The van der Waals surface area contributed by atoms with Gasteiger partial charge in [0, 0.05) is 12.1 Å². The van der Waals surface area contributed by atoms with E-state index in [0.717, 1.165) is 6.08 Å². The van der Waals surface area contributed by atoms with Crippen LogP contribution < -0.4 is 9.47 Å². The van der Waals surface area contributed by atoms with Crippen LogP contribution in [0.4, 0.5) is 0 Å². The zero-order valence-corrected chi connectivity index (χ0v) is 9.43. The number of aliphatic carboxylic acids is 1. The first-order chi connectivity index (χ1) is 8.12. The van der Waals surface area contributed by atoms with Crippen molar-refractivity contribution < 1.29 is 19.4 Å². The van der Waals surface area contributed by atoms with Crippen molar-refractivity contribution >= 4 is 12.0 Å². The van der Waals surface area contributed by atoms with Crippen LogP contribution in [0.15, 0.2) is 18.2 Å². The summed E-state index contributed by atoms with van der Waals surface area (Å²) in [5.74, 6) is -0.211. The van der Waals surface area contributed by atoms with Crippen molar-refractivity contribution in [2.24, 2.45) is 0 Å². The maximum Gasteiger partial charge on any atom is 0.328 e. The smallest absolute Gasteiger partial charge is 0.328 e. The Bertz CT molecular complexity index is 500. The largest absolute Gasteiger partial charge is 0.493 e. The minimum Gasteiger partial charge on any atom is -0.493 e. The predicted molar refractivity (Wildman–Crippen MR) is 60.9 cm³/mol. The predicted octanol–water partition coefficient (Wildman–Crippen LogP) is 1.67. The monoisotopic (exact) mass is 233 g/mol. The molecule has 0 aromatic heterocycles. The maximum atomic E-state index is 10.4. The number of carbonyl (C=O) groups is 1. The van der Waals surface area contributed by atoms with Crippen molar-refractivity contribution in [1.29, 1.82) is 5.26 Å². The summed E-state index contributed by atoms with van der Waals surface area (Å²) >= 11 is 0. The molecule has 1 rings (SSSR count). The summed E-state index contributed by atoms with van der Waals surface area (Å²) in [5.41, 5.74) is 0.785. The number of rotatable bonds is 4. The number of nitriles is 1. The number of benzene rings is 1. The standard InChI is InChI=1S/C12H11NO4/c1-16-10-5-8(3-4-12(14)15)9(7-13)6-11(10)17-2/h3-6H,1-2H3,(H,14,15)/b4-3+. The number of carboxylic acid groups (broad SMARTS) is 1. The molecule has 0 fully saturated rings. The molecule has 0 unspecified atom stereocenters. The highest BCUT2D eigenvalue weighted by molar-refractivity contribution is 5.86. The van der Waals surface area contributed by atoms with Gasteiger partial charge in [-0.1, -0.05) is 0 Å². The van der Waals surface area contributed by atoms with E-state index in [1.54, 1.807) is 6.07 Å². The fourth-order valence-electron chi connectivity index (χ4n) is 1.29. The van der Waals surface area contributed by atoms with E-state index >= 15 is 0 Å². The fourth-order valence-corrected chi connectivity index (χ4v) is 1.29. The molecule has 0 atom stereocenters. The van der Waals surface area contributed by atoms with Crippen LogP contribution in [-0.2, 0) is 4.79 Å². The Morgan fingerprint density at radius 3 is 2.41 bits per heavy atom. The van der Waals surface area contributed by atoms with Gasteiger partial charge >= 0.3 is 5.97 Å². The Labute approximate surface area is 98.5 Å². The summed E-state index contributed by atoms with van der Waals surface area (Å²) in [6.07, 6.45) is 2.30. The van der Waals surface area contributed by atoms with Gasteiger partial charge in [0.25, 0.3) is 0 Å². The molecular formula is C12H11NO4. The lowest BCUT2D eigenvalue weighted by Gasteiger charge is -2.09. The maximum absolute atomic E-state index is 10.4. The van der Waals surface area contributed by atoms with E-state index < -0.39 is 5.97 Å². The molecule has 0 spiro atoms. The number of carboxylic acids is 1. The van der Waals surface area contributed by atoms with Crippen molar-refractivity contribution in [2.75, 3.05) is 14.2 Å². The van der Waals surface area contributed by atoms with Crippen LogP contribution in [0.25, 0.3) is 6.08 Å². The molecule has 5 nitrogen and oxygen atoms in total. The lowest BCUT2D eigenvalue weighted by molar-refractivity contribution is -0.131. The first-order valence-electron chi connectivity index (χ1n) is 4.69. The summed E-state index contributed by atoms with van der Waals surface area (Å²) in [6.45, 7) is 0. The lowest BCUT2D eigenvalue weighted by Crippen LogP contribution is -1.94. The third-order valence-electron chi connectivity index (χ3n) is 2.08. The van der Waals surface area contributed by atoms with E-state index in [1.165, 1.54) is 26.4 Å². The van der Waals surface area contributed by atoms with Crippen LogP contribution in [-0.4, -0.2) is 25.3 Å². The molecule has 5 heteroatoms. The van der Waals surface area contributed by atoms with Gasteiger partial charge in [0.15, 0.2) is 11.5 Å². The van der Waals surface area contributed by atoms with Gasteiger partial charge in [-0.3, -0.25) is 0 Å². The molecule has 17 heavy (non-hydrogen) atoms. The molecule has 0 aliphatic rings. The van der Waals surface area contributed by atoms with Gasteiger partial charge in [-0.2, -0.15) is 5.26 Å². The minimum atomic E-state index is -1.08. The van der Waals surface area contributed by atoms with Gasteiger partial charge < -0.3 is 14.6 Å². The van der Waals surface area contributed by atoms with Gasteiger partial charge in [-0.05, 0) is 17.7 Å². The molecule has 88 valence electrons. The Morgan fingerprint density at radius 1 is 1.35 bits per heavy atom. The van der Waals surface area contributed by atoms with Crippen LogP contribution in [0.1, 0.15) is 11.1 Å². The van der Waals surface area contributed by atoms with Crippen LogP contribution in [0.3, 0.4) is 0 Å². The molecule has 0 heterocycles. The molecule has 0 aliphatic heterocycles. The number of hydrogen-bond donors (Lipinski definition) is 1. The highest BCUT2D eigenvalue weighted by atomic mass is 16.5. The molecule has 1 aromatic carbocycles. The average molecular weight is 233 g/mol. The summed E-state index contributed by atoms with van der Waals surface area (Å²) in [7, 11) is 2.93. The van der Waals surface area contributed by atoms with Crippen LogP contribution in [0.5, 0.6) is 11.5 Å². The molecule has 0 saturated heterocycles. The third kappa shape index (κ3) is 2.98. The summed E-state index contributed by atoms with van der Waals surface area (Å²) in [5, 5.41) is 17.5. The topological polar surface area (TPSA) is 79.5 Å². The average Bonchev–Trinajstić information content (AvgIpc) is 2.34. The molecule has 1 aromatic rings. The van der Waals surface area contributed by atoms with Crippen molar-refractivity contribution in [1.82, 2.24) is 0 Å². The van der Waals surface area contributed by atoms with E-state index in [9.17, 15) is 4.79 Å². The summed E-state index contributed by atoms with van der Waals surface area (Å²) in [4.78, 5) is 10.4. The second-order valence-electron chi connectivity index (χ2n) is 3.08. The molecule has 1 N–H and O–H groups in total. The Morgan fingerprint density at radius 2 is 1.94 bits per heavy atom. The Hall–Kier alpha value is -2.48. The van der Waals surface area contributed by atoms with E-state index in [2.05, 4.69) is 0 Å². The Balaban J connectivity index is 3.30. The Kier molecular flexibility index (Phi) is 4.12. The van der Waals surface area contributed by atoms with Crippen LogP contribution in [0.2, 0.25) is 0 Å². The van der Waals surface area contributed by atoms with Gasteiger partial charge in [-0.15, -0.1) is 0 Å². The quantitative estimate of drug-likeness (QED) is 0.800. The minimum absolute atomic E-state index is 0.320. The molecule has 0 radical (unpaired) electrons. The zero-order chi connectivity index (χ0) is 12.8. The first kappa shape index (κ1) is 12.6. The van der Waals surface area contributed by atoms with E-state index in [4.69, 9.17) is 19.8 Å². The molecule has 0 amide bonds. The van der Waals surface area contributed by atoms with Crippen LogP contribution >= 0.6 is 0 Å². The van der Waals surface area contributed by atoms with Gasteiger partial charge in [0.05, 0.1) is 25.9 Å². The van der Waals surface area contributed by atoms with Crippen molar-refractivity contribution in [3.63, 3.8) is 0 Å². The second-order valence-corrected chi connectivity index (χ2v) is 3.08. The van der Waals surface area contributed by atoms with Crippen LogP contribution in [0, 0.1) is 11.3 Å².